The highest BCUT2D eigenvalue weighted by atomic mass is 16.5. The van der Waals surface area contributed by atoms with E-state index in [0.29, 0.717) is 29.2 Å². The number of carboxylic acids is 1. The van der Waals surface area contributed by atoms with E-state index < -0.39 is 18.5 Å². The van der Waals surface area contributed by atoms with Crippen molar-refractivity contribution in [3.8, 4) is 11.5 Å². The number of hydrazone groups is 1. The second-order valence-electron chi connectivity index (χ2n) is 6.10. The molecular formula is C21H23N3O6. The highest BCUT2D eigenvalue weighted by molar-refractivity contribution is 5.96. The number of aliphatic carboxylic acids is 1. The van der Waals surface area contributed by atoms with Crippen LogP contribution in [0.15, 0.2) is 53.6 Å². The van der Waals surface area contributed by atoms with Crippen molar-refractivity contribution in [2.45, 2.75) is 13.3 Å². The Morgan fingerprint density at radius 2 is 1.63 bits per heavy atom. The molecule has 2 aromatic rings. The van der Waals surface area contributed by atoms with Gasteiger partial charge in [0.1, 0.15) is 11.5 Å². The average Bonchev–Trinajstić information content (AvgIpc) is 2.75. The molecule has 0 spiro atoms. The first kappa shape index (κ1) is 22.4. The first-order chi connectivity index (χ1) is 14.5. The molecule has 2 amide bonds. The van der Waals surface area contributed by atoms with Gasteiger partial charge in [-0.15, -0.1) is 0 Å². The SMILES string of the molecule is CCCOc1ccc(C(=O)NCC(=O)N/N=C/c2ccc(OCC(=O)O)cc2)cc1. The maximum Gasteiger partial charge on any atom is 0.341 e. The molecule has 9 nitrogen and oxygen atoms in total. The summed E-state index contributed by atoms with van der Waals surface area (Å²) in [6, 6.07) is 13.1. The monoisotopic (exact) mass is 413 g/mol. The molecule has 2 aromatic carbocycles. The molecular weight excluding hydrogens is 390 g/mol. The van der Waals surface area contributed by atoms with Crippen LogP contribution in [0.2, 0.25) is 0 Å². The van der Waals surface area contributed by atoms with Crippen LogP contribution in [-0.2, 0) is 9.59 Å². The number of ether oxygens (including phenoxy) is 2. The Kier molecular flexibility index (Phi) is 8.85. The Hall–Kier alpha value is -3.88. The maximum atomic E-state index is 12.1. The summed E-state index contributed by atoms with van der Waals surface area (Å²) >= 11 is 0. The van der Waals surface area contributed by atoms with Crippen LogP contribution in [0.5, 0.6) is 11.5 Å². The Bertz CT molecular complexity index is 879. The molecule has 0 unspecified atom stereocenters. The van der Waals surface area contributed by atoms with Crippen LogP contribution in [0, 0.1) is 0 Å². The normalized spacial score (nSPS) is 10.4. The van der Waals surface area contributed by atoms with Crippen molar-refractivity contribution in [3.05, 3.63) is 59.7 Å². The fraction of sp³-hybridized carbons (Fsp3) is 0.238. The van der Waals surface area contributed by atoms with E-state index in [9.17, 15) is 14.4 Å². The number of hydrogen-bond acceptors (Lipinski definition) is 6. The van der Waals surface area contributed by atoms with Gasteiger partial charge in [0.25, 0.3) is 11.8 Å². The average molecular weight is 413 g/mol. The van der Waals surface area contributed by atoms with Crippen molar-refractivity contribution in [2.75, 3.05) is 19.8 Å². The van der Waals surface area contributed by atoms with Crippen molar-refractivity contribution in [3.63, 3.8) is 0 Å². The highest BCUT2D eigenvalue weighted by Gasteiger charge is 2.08. The molecule has 0 aliphatic heterocycles. The lowest BCUT2D eigenvalue weighted by molar-refractivity contribution is -0.139. The van der Waals surface area contributed by atoms with Gasteiger partial charge in [0.2, 0.25) is 0 Å². The highest BCUT2D eigenvalue weighted by Crippen LogP contribution is 2.12. The van der Waals surface area contributed by atoms with E-state index in [0.717, 1.165) is 6.42 Å². The molecule has 3 N–H and O–H groups in total. The van der Waals surface area contributed by atoms with Crippen LogP contribution in [-0.4, -0.2) is 48.9 Å². The zero-order valence-electron chi connectivity index (χ0n) is 16.5. The molecule has 2 rings (SSSR count). The first-order valence-corrected chi connectivity index (χ1v) is 9.25. The van der Waals surface area contributed by atoms with E-state index in [4.69, 9.17) is 14.6 Å². The van der Waals surface area contributed by atoms with Gasteiger partial charge in [-0.1, -0.05) is 6.92 Å². The van der Waals surface area contributed by atoms with Crippen molar-refractivity contribution >= 4 is 24.0 Å². The molecule has 158 valence electrons. The van der Waals surface area contributed by atoms with E-state index >= 15 is 0 Å². The molecule has 0 aromatic heterocycles. The van der Waals surface area contributed by atoms with Crippen LogP contribution in [0.4, 0.5) is 0 Å². The standard InChI is InChI=1S/C21H23N3O6/c1-2-11-29-17-9-5-16(6-10-17)21(28)22-13-19(25)24-23-12-15-3-7-18(8-4-15)30-14-20(26)27/h3-10,12H,2,11,13-14H2,1H3,(H,22,28)(H,24,25)(H,26,27)/b23-12+. The minimum absolute atomic E-state index is 0.230. The molecule has 0 bridgehead atoms. The first-order valence-electron chi connectivity index (χ1n) is 9.25. The third-order valence-corrected chi connectivity index (χ3v) is 3.64. The Morgan fingerprint density at radius 1 is 1.00 bits per heavy atom. The number of carbonyl (C=O) groups is 3. The van der Waals surface area contributed by atoms with E-state index in [-0.39, 0.29) is 12.5 Å². The van der Waals surface area contributed by atoms with E-state index in [1.807, 2.05) is 6.92 Å². The molecule has 0 radical (unpaired) electrons. The van der Waals surface area contributed by atoms with Gasteiger partial charge in [-0.2, -0.15) is 5.10 Å². The lowest BCUT2D eigenvalue weighted by Crippen LogP contribution is -2.34. The van der Waals surface area contributed by atoms with E-state index in [1.165, 1.54) is 6.21 Å². The summed E-state index contributed by atoms with van der Waals surface area (Å²) in [4.78, 5) is 34.3. The molecule has 30 heavy (non-hydrogen) atoms. The van der Waals surface area contributed by atoms with Crippen LogP contribution in [0.3, 0.4) is 0 Å². The molecule has 0 saturated carbocycles. The van der Waals surface area contributed by atoms with Crippen molar-refractivity contribution < 1.29 is 29.0 Å². The number of benzene rings is 2. The zero-order valence-corrected chi connectivity index (χ0v) is 16.5. The van der Waals surface area contributed by atoms with Gasteiger partial charge in [0.05, 0.1) is 19.4 Å². The topological polar surface area (TPSA) is 126 Å². The third kappa shape index (κ3) is 8.01. The van der Waals surface area contributed by atoms with E-state index in [2.05, 4.69) is 15.8 Å². The van der Waals surface area contributed by atoms with Gasteiger partial charge < -0.3 is 19.9 Å². The van der Waals surface area contributed by atoms with Gasteiger partial charge in [0.15, 0.2) is 6.61 Å². The van der Waals surface area contributed by atoms with Crippen molar-refractivity contribution in [1.29, 1.82) is 0 Å². The fourth-order valence-electron chi connectivity index (χ4n) is 2.20. The molecule has 0 heterocycles. The number of nitrogens with zero attached hydrogens (tertiary/aromatic N) is 1. The quantitative estimate of drug-likeness (QED) is 0.381. The van der Waals surface area contributed by atoms with E-state index in [1.54, 1.807) is 48.5 Å². The second kappa shape index (κ2) is 11.8. The van der Waals surface area contributed by atoms with Gasteiger partial charge in [-0.3, -0.25) is 9.59 Å². The predicted octanol–water partition coefficient (Wildman–Crippen LogP) is 1.82. The number of amides is 2. The Morgan fingerprint density at radius 3 is 2.27 bits per heavy atom. The largest absolute Gasteiger partial charge is 0.494 e. The van der Waals surface area contributed by atoms with Crippen LogP contribution in [0.1, 0.15) is 29.3 Å². The summed E-state index contributed by atoms with van der Waals surface area (Å²) in [5.74, 6) is -0.835. The fourth-order valence-corrected chi connectivity index (χ4v) is 2.20. The number of carboxylic acid groups (broad SMARTS) is 1. The molecule has 0 fully saturated rings. The summed E-state index contributed by atoms with van der Waals surface area (Å²) < 4.78 is 10.5. The molecule has 9 heteroatoms. The van der Waals surface area contributed by atoms with Crippen molar-refractivity contribution in [1.82, 2.24) is 10.7 Å². The lowest BCUT2D eigenvalue weighted by atomic mass is 10.2. The summed E-state index contributed by atoms with van der Waals surface area (Å²) in [6.45, 7) is 1.96. The lowest BCUT2D eigenvalue weighted by Gasteiger charge is -2.07. The summed E-state index contributed by atoms with van der Waals surface area (Å²) in [7, 11) is 0. The van der Waals surface area contributed by atoms with Gasteiger partial charge in [-0.25, -0.2) is 10.2 Å². The Balaban J connectivity index is 1.73. The summed E-state index contributed by atoms with van der Waals surface area (Å²) in [5.41, 5.74) is 3.40. The number of nitrogens with one attached hydrogen (secondary N) is 2. The van der Waals surface area contributed by atoms with Gasteiger partial charge in [0, 0.05) is 5.56 Å². The molecule has 0 aliphatic carbocycles. The van der Waals surface area contributed by atoms with Gasteiger partial charge in [-0.05, 0) is 60.5 Å². The van der Waals surface area contributed by atoms with Crippen LogP contribution < -0.4 is 20.2 Å². The van der Waals surface area contributed by atoms with Crippen LogP contribution >= 0.6 is 0 Å². The summed E-state index contributed by atoms with van der Waals surface area (Å²) in [5, 5.41) is 14.9. The maximum absolute atomic E-state index is 12.1. The molecule has 0 aliphatic rings. The van der Waals surface area contributed by atoms with Crippen molar-refractivity contribution in [2.24, 2.45) is 5.10 Å². The van der Waals surface area contributed by atoms with Gasteiger partial charge >= 0.3 is 5.97 Å². The number of carbonyl (C=O) groups excluding carboxylic acids is 2. The zero-order chi connectivity index (χ0) is 21.8. The second-order valence-corrected chi connectivity index (χ2v) is 6.10. The number of rotatable bonds is 11. The minimum Gasteiger partial charge on any atom is -0.494 e. The summed E-state index contributed by atoms with van der Waals surface area (Å²) in [6.07, 6.45) is 2.31. The molecule has 0 atom stereocenters. The molecule has 0 saturated heterocycles. The number of hydrogen-bond donors (Lipinski definition) is 3. The van der Waals surface area contributed by atoms with Crippen LogP contribution in [0.25, 0.3) is 0 Å². The smallest absolute Gasteiger partial charge is 0.341 e. The Labute approximate surface area is 173 Å². The minimum atomic E-state index is -1.06. The predicted molar refractivity (Wildman–Crippen MR) is 110 cm³/mol. The third-order valence-electron chi connectivity index (χ3n) is 3.64.